The summed E-state index contributed by atoms with van der Waals surface area (Å²) in [5.41, 5.74) is 3.26. The van der Waals surface area contributed by atoms with Crippen molar-refractivity contribution in [2.75, 3.05) is 0 Å². The van der Waals surface area contributed by atoms with Crippen molar-refractivity contribution in [1.29, 1.82) is 0 Å². The van der Waals surface area contributed by atoms with Gasteiger partial charge in [-0.3, -0.25) is 14.9 Å². The van der Waals surface area contributed by atoms with Crippen molar-refractivity contribution in [2.24, 2.45) is 5.10 Å². The summed E-state index contributed by atoms with van der Waals surface area (Å²) in [4.78, 5) is 22.7. The highest BCUT2D eigenvalue weighted by Crippen LogP contribution is 2.20. The number of nitro benzene ring substituents is 1. The molecule has 0 saturated heterocycles. The largest absolute Gasteiger partial charge is 0.271 e. The van der Waals surface area contributed by atoms with Gasteiger partial charge in [0, 0.05) is 12.1 Å². The quantitative estimate of drug-likeness (QED) is 0.317. The molecule has 0 spiro atoms. The molecule has 0 aliphatic heterocycles. The third-order valence-corrected chi connectivity index (χ3v) is 5.65. The fraction of sp³-hybridized carbons (Fsp3) is 0.0476. The maximum Gasteiger partial charge on any atom is 0.269 e. The molecule has 1 atom stereocenters. The van der Waals surface area contributed by atoms with Gasteiger partial charge in [0.15, 0.2) is 0 Å². The minimum absolute atomic E-state index is 0.209. The second-order valence-corrected chi connectivity index (χ2v) is 8.07. The summed E-state index contributed by atoms with van der Waals surface area (Å²) in [5, 5.41) is 14.7. The zero-order valence-corrected chi connectivity index (χ0v) is 16.9. The van der Waals surface area contributed by atoms with E-state index in [1.165, 1.54) is 6.21 Å². The van der Waals surface area contributed by atoms with E-state index in [1.54, 1.807) is 42.5 Å². The average molecular weight is 438 g/mol. The number of hydrogen-bond acceptors (Lipinski definition) is 6. The highest BCUT2D eigenvalue weighted by Gasteiger charge is 2.27. The lowest BCUT2D eigenvalue weighted by atomic mass is 10.1. The maximum atomic E-state index is 12.8. The van der Waals surface area contributed by atoms with Crippen molar-refractivity contribution < 1.29 is 18.1 Å². The van der Waals surface area contributed by atoms with Crippen LogP contribution in [0.2, 0.25) is 0 Å². The van der Waals surface area contributed by atoms with Crippen LogP contribution in [0.15, 0.2) is 94.9 Å². The summed E-state index contributed by atoms with van der Waals surface area (Å²) in [6, 6.07) is 20.4. The maximum absolute atomic E-state index is 12.8. The molecule has 1 unspecified atom stereocenters. The Hall–Kier alpha value is -3.89. The summed E-state index contributed by atoms with van der Waals surface area (Å²) < 4.78 is 27.9. The molecule has 0 radical (unpaired) electrons. The van der Waals surface area contributed by atoms with Crippen LogP contribution in [0.4, 0.5) is 5.69 Å². The van der Waals surface area contributed by atoms with Gasteiger partial charge in [-0.2, -0.15) is 9.82 Å². The first-order chi connectivity index (χ1) is 14.9. The molecule has 0 aromatic heterocycles. The Morgan fingerprint density at radius 3 is 2.10 bits per heavy atom. The molecular formula is C21H18N4O5S. The number of benzene rings is 3. The first-order valence-corrected chi connectivity index (χ1v) is 10.5. The smallest absolute Gasteiger partial charge is 0.269 e. The zero-order chi connectivity index (χ0) is 22.3. The van der Waals surface area contributed by atoms with Crippen LogP contribution in [0.5, 0.6) is 0 Å². The molecule has 9 nitrogen and oxygen atoms in total. The van der Waals surface area contributed by atoms with Crippen molar-refractivity contribution in [3.8, 4) is 0 Å². The van der Waals surface area contributed by atoms with Crippen LogP contribution in [0.25, 0.3) is 0 Å². The van der Waals surface area contributed by atoms with Gasteiger partial charge in [-0.15, -0.1) is 0 Å². The average Bonchev–Trinajstić information content (AvgIpc) is 2.79. The van der Waals surface area contributed by atoms with Gasteiger partial charge in [0.1, 0.15) is 6.04 Å². The Balaban J connectivity index is 1.82. The Bertz CT molecular complexity index is 1180. The first-order valence-electron chi connectivity index (χ1n) is 9.06. The van der Waals surface area contributed by atoms with Gasteiger partial charge in [-0.1, -0.05) is 60.7 Å². The number of hydrazone groups is 1. The van der Waals surface area contributed by atoms with E-state index < -0.39 is 26.9 Å². The number of rotatable bonds is 8. The highest BCUT2D eigenvalue weighted by atomic mass is 32.2. The Morgan fingerprint density at radius 2 is 1.52 bits per heavy atom. The molecule has 0 saturated carbocycles. The first kappa shape index (κ1) is 21.8. The van der Waals surface area contributed by atoms with Crippen molar-refractivity contribution in [1.82, 2.24) is 10.1 Å². The van der Waals surface area contributed by atoms with Gasteiger partial charge >= 0.3 is 0 Å². The molecule has 1 amide bonds. The van der Waals surface area contributed by atoms with Crippen LogP contribution in [0, 0.1) is 10.1 Å². The van der Waals surface area contributed by atoms with Crippen molar-refractivity contribution in [3.05, 3.63) is 106 Å². The SMILES string of the molecule is O=C(NN=Cc1ccccc1)C(NS(=O)(=O)c1ccc([N+](=O)[O-])cc1)c1ccccc1. The third kappa shape index (κ3) is 5.81. The number of nitro groups is 1. The minimum atomic E-state index is -4.16. The van der Waals surface area contributed by atoms with E-state index >= 15 is 0 Å². The lowest BCUT2D eigenvalue weighted by molar-refractivity contribution is -0.384. The molecule has 3 rings (SSSR count). The summed E-state index contributed by atoms with van der Waals surface area (Å²) in [5.74, 6) is -0.691. The van der Waals surface area contributed by atoms with Crippen molar-refractivity contribution in [2.45, 2.75) is 10.9 Å². The van der Waals surface area contributed by atoms with Crippen LogP contribution in [0.1, 0.15) is 17.2 Å². The van der Waals surface area contributed by atoms with Crippen LogP contribution < -0.4 is 10.1 Å². The number of hydrogen-bond donors (Lipinski definition) is 2. The van der Waals surface area contributed by atoms with E-state index in [4.69, 9.17) is 0 Å². The predicted molar refractivity (Wildman–Crippen MR) is 115 cm³/mol. The molecule has 158 valence electrons. The molecule has 31 heavy (non-hydrogen) atoms. The monoisotopic (exact) mass is 438 g/mol. The number of non-ortho nitro benzene ring substituents is 1. The fourth-order valence-electron chi connectivity index (χ4n) is 2.66. The van der Waals surface area contributed by atoms with Gasteiger partial charge in [0.25, 0.3) is 11.6 Å². The Morgan fingerprint density at radius 1 is 0.935 bits per heavy atom. The minimum Gasteiger partial charge on any atom is -0.271 e. The van der Waals surface area contributed by atoms with Crippen LogP contribution in [-0.4, -0.2) is 25.5 Å². The molecule has 0 bridgehead atoms. The van der Waals surface area contributed by atoms with Gasteiger partial charge in [0.2, 0.25) is 10.0 Å². The molecule has 0 aliphatic carbocycles. The van der Waals surface area contributed by atoms with Crippen molar-refractivity contribution >= 4 is 27.8 Å². The molecule has 3 aromatic carbocycles. The number of nitrogens with one attached hydrogen (secondary N) is 2. The second kappa shape index (κ2) is 9.74. The van der Waals surface area contributed by atoms with Gasteiger partial charge in [-0.25, -0.2) is 13.8 Å². The number of sulfonamides is 1. The summed E-state index contributed by atoms with van der Waals surface area (Å²) >= 11 is 0. The fourth-order valence-corrected chi connectivity index (χ4v) is 3.85. The van der Waals surface area contributed by atoms with E-state index in [2.05, 4.69) is 15.2 Å². The lowest BCUT2D eigenvalue weighted by Gasteiger charge is -2.17. The van der Waals surface area contributed by atoms with E-state index in [1.807, 2.05) is 18.2 Å². The molecule has 3 aromatic rings. The van der Waals surface area contributed by atoms with Gasteiger partial charge < -0.3 is 0 Å². The second-order valence-electron chi connectivity index (χ2n) is 6.36. The Labute approximate surface area is 178 Å². The number of carbonyl (C=O) groups excluding carboxylic acids is 1. The molecule has 0 heterocycles. The Kier molecular flexibility index (Phi) is 6.85. The predicted octanol–water partition coefficient (Wildman–Crippen LogP) is 2.76. The molecule has 0 aliphatic rings. The molecule has 10 heteroatoms. The number of carbonyl (C=O) groups is 1. The highest BCUT2D eigenvalue weighted by molar-refractivity contribution is 7.89. The molecule has 2 N–H and O–H groups in total. The molecular weight excluding hydrogens is 420 g/mol. The topological polar surface area (TPSA) is 131 Å². The van der Waals surface area contributed by atoms with E-state index in [9.17, 15) is 23.3 Å². The van der Waals surface area contributed by atoms with Crippen LogP contribution in [-0.2, 0) is 14.8 Å². The third-order valence-electron chi connectivity index (χ3n) is 4.21. The standard InChI is InChI=1S/C21H18N4O5S/c26-21(23-22-15-16-7-3-1-4-8-16)20(17-9-5-2-6-10-17)24-31(29,30)19-13-11-18(12-14-19)25(27)28/h1-15,20,24H,(H,23,26). The van der Waals surface area contributed by atoms with Gasteiger partial charge in [0.05, 0.1) is 16.0 Å². The van der Waals surface area contributed by atoms with Gasteiger partial charge in [-0.05, 0) is 23.3 Å². The summed E-state index contributed by atoms with van der Waals surface area (Å²) in [6.07, 6.45) is 1.44. The van der Waals surface area contributed by atoms with E-state index in [-0.39, 0.29) is 10.6 Å². The molecule has 0 fully saturated rings. The number of amides is 1. The lowest BCUT2D eigenvalue weighted by Crippen LogP contribution is -2.38. The summed E-state index contributed by atoms with van der Waals surface area (Å²) in [6.45, 7) is 0. The zero-order valence-electron chi connectivity index (χ0n) is 16.1. The van der Waals surface area contributed by atoms with Crippen LogP contribution >= 0.6 is 0 Å². The van der Waals surface area contributed by atoms with Crippen molar-refractivity contribution in [3.63, 3.8) is 0 Å². The summed E-state index contributed by atoms with van der Waals surface area (Å²) in [7, 11) is -4.16. The van der Waals surface area contributed by atoms with E-state index in [0.29, 0.717) is 5.56 Å². The van der Waals surface area contributed by atoms with Crippen LogP contribution in [0.3, 0.4) is 0 Å². The van der Waals surface area contributed by atoms with E-state index in [0.717, 1.165) is 29.8 Å². The normalized spacial score (nSPS) is 12.4. The number of nitrogens with zero attached hydrogens (tertiary/aromatic N) is 2.